The molecule has 0 atom stereocenters. The van der Waals surface area contributed by atoms with E-state index in [1.807, 2.05) is 0 Å². The van der Waals surface area contributed by atoms with E-state index in [2.05, 4.69) is 5.32 Å². The standard InChI is InChI=1S/C27H25N3O7/c1-3-36-27(35)29-10-8-18(9-11-29)30-25(33)20-6-4-16(13-21(20)26(30)34)24(32)28-17-5-7-19-15(2)12-23(31)37-22(19)14-17/h4-7,12-14,18H,3,8-11H2,1-2H3,(H,28,32). The number of ether oxygens (including phenoxy) is 1. The van der Waals surface area contributed by atoms with Gasteiger partial charge in [0.2, 0.25) is 0 Å². The van der Waals surface area contributed by atoms with Crippen LogP contribution in [-0.2, 0) is 4.74 Å². The number of piperidine rings is 1. The minimum Gasteiger partial charge on any atom is -0.450 e. The molecule has 190 valence electrons. The summed E-state index contributed by atoms with van der Waals surface area (Å²) in [7, 11) is 0. The number of hydrogen-bond acceptors (Lipinski definition) is 7. The molecule has 2 aliphatic heterocycles. The van der Waals surface area contributed by atoms with Gasteiger partial charge in [0, 0.05) is 47.9 Å². The summed E-state index contributed by atoms with van der Waals surface area (Å²) in [5.41, 5.74) is 1.69. The van der Waals surface area contributed by atoms with Crippen LogP contribution in [0.4, 0.5) is 10.5 Å². The highest BCUT2D eigenvalue weighted by molar-refractivity contribution is 6.22. The number of carbonyl (C=O) groups excluding carboxylic acids is 4. The molecule has 2 aliphatic rings. The van der Waals surface area contributed by atoms with E-state index in [1.165, 1.54) is 29.2 Å². The third-order valence-electron chi connectivity index (χ3n) is 6.75. The third kappa shape index (κ3) is 4.46. The van der Waals surface area contributed by atoms with Gasteiger partial charge in [0.25, 0.3) is 17.7 Å². The monoisotopic (exact) mass is 503 g/mol. The van der Waals surface area contributed by atoms with Crippen molar-refractivity contribution in [2.24, 2.45) is 0 Å². The van der Waals surface area contributed by atoms with Crippen LogP contribution in [0.25, 0.3) is 11.0 Å². The summed E-state index contributed by atoms with van der Waals surface area (Å²) in [5, 5.41) is 3.50. The first kappa shape index (κ1) is 24.2. The predicted molar refractivity (Wildman–Crippen MR) is 134 cm³/mol. The number of imide groups is 1. The Kier molecular flexibility index (Phi) is 6.24. The Morgan fingerprint density at radius 1 is 1.00 bits per heavy atom. The summed E-state index contributed by atoms with van der Waals surface area (Å²) >= 11 is 0. The maximum atomic E-state index is 13.2. The lowest BCUT2D eigenvalue weighted by Gasteiger charge is -2.35. The molecule has 0 aliphatic carbocycles. The molecule has 4 amide bonds. The molecular weight excluding hydrogens is 478 g/mol. The molecule has 0 radical (unpaired) electrons. The Morgan fingerprint density at radius 3 is 2.46 bits per heavy atom. The highest BCUT2D eigenvalue weighted by Crippen LogP contribution is 2.30. The van der Waals surface area contributed by atoms with Crippen molar-refractivity contribution in [2.75, 3.05) is 25.0 Å². The third-order valence-corrected chi connectivity index (χ3v) is 6.75. The van der Waals surface area contributed by atoms with Crippen molar-refractivity contribution < 1.29 is 28.3 Å². The Balaban J connectivity index is 1.31. The van der Waals surface area contributed by atoms with Crippen LogP contribution in [0.15, 0.2) is 51.7 Å². The number of benzene rings is 2. The molecule has 2 aromatic carbocycles. The zero-order valence-electron chi connectivity index (χ0n) is 20.4. The quantitative estimate of drug-likeness (QED) is 0.426. The second-order valence-electron chi connectivity index (χ2n) is 9.07. The first-order chi connectivity index (χ1) is 17.8. The van der Waals surface area contributed by atoms with E-state index in [4.69, 9.17) is 9.15 Å². The van der Waals surface area contributed by atoms with Gasteiger partial charge in [0.05, 0.1) is 17.7 Å². The van der Waals surface area contributed by atoms with Crippen molar-refractivity contribution in [2.45, 2.75) is 32.7 Å². The van der Waals surface area contributed by atoms with Gasteiger partial charge in [-0.05, 0) is 62.6 Å². The lowest BCUT2D eigenvalue weighted by Crippen LogP contribution is -2.48. The Bertz CT molecular complexity index is 1500. The van der Waals surface area contributed by atoms with E-state index < -0.39 is 29.4 Å². The zero-order valence-corrected chi connectivity index (χ0v) is 20.4. The molecule has 5 rings (SSSR count). The van der Waals surface area contributed by atoms with E-state index in [-0.39, 0.29) is 29.3 Å². The molecule has 0 bridgehead atoms. The maximum absolute atomic E-state index is 13.2. The number of nitrogens with one attached hydrogen (secondary N) is 1. The number of hydrogen-bond donors (Lipinski definition) is 1. The molecule has 10 heteroatoms. The van der Waals surface area contributed by atoms with Crippen LogP contribution in [0.3, 0.4) is 0 Å². The lowest BCUT2D eigenvalue weighted by atomic mass is 10.0. The minimum atomic E-state index is -0.480. The second kappa shape index (κ2) is 9.53. The molecule has 1 N–H and O–H groups in total. The van der Waals surface area contributed by atoms with Crippen LogP contribution in [-0.4, -0.2) is 59.4 Å². The Hall–Kier alpha value is -4.47. The maximum Gasteiger partial charge on any atom is 0.409 e. The summed E-state index contributed by atoms with van der Waals surface area (Å²) in [6.07, 6.45) is 0.507. The highest BCUT2D eigenvalue weighted by atomic mass is 16.6. The molecule has 3 aromatic rings. The minimum absolute atomic E-state index is 0.172. The van der Waals surface area contributed by atoms with Crippen molar-refractivity contribution >= 4 is 40.5 Å². The first-order valence-electron chi connectivity index (χ1n) is 12.1. The van der Waals surface area contributed by atoms with Crippen molar-refractivity contribution in [3.63, 3.8) is 0 Å². The van der Waals surface area contributed by atoms with Crippen LogP contribution in [0.5, 0.6) is 0 Å². The molecule has 3 heterocycles. The summed E-state index contributed by atoms with van der Waals surface area (Å²) in [6, 6.07) is 10.5. The fourth-order valence-corrected chi connectivity index (χ4v) is 4.86. The molecule has 0 spiro atoms. The summed E-state index contributed by atoms with van der Waals surface area (Å²) < 4.78 is 10.3. The van der Waals surface area contributed by atoms with E-state index in [0.29, 0.717) is 37.2 Å². The van der Waals surface area contributed by atoms with Gasteiger partial charge in [-0.15, -0.1) is 0 Å². The SMILES string of the molecule is CCOC(=O)N1CCC(N2C(=O)c3ccc(C(=O)Nc4ccc5c(C)cc(=O)oc5c4)cc3C2=O)CC1. The molecule has 1 aromatic heterocycles. The Labute approximate surface area is 211 Å². The molecule has 1 fully saturated rings. The summed E-state index contributed by atoms with van der Waals surface area (Å²) in [6.45, 7) is 4.59. The lowest BCUT2D eigenvalue weighted by molar-refractivity contribution is 0.0485. The average molecular weight is 504 g/mol. The van der Waals surface area contributed by atoms with Gasteiger partial charge in [-0.3, -0.25) is 19.3 Å². The largest absolute Gasteiger partial charge is 0.450 e. The van der Waals surface area contributed by atoms with E-state index in [9.17, 15) is 24.0 Å². The van der Waals surface area contributed by atoms with Gasteiger partial charge in [-0.25, -0.2) is 9.59 Å². The van der Waals surface area contributed by atoms with Crippen molar-refractivity contribution in [1.82, 2.24) is 9.80 Å². The van der Waals surface area contributed by atoms with Gasteiger partial charge in [0.15, 0.2) is 0 Å². The van der Waals surface area contributed by atoms with Crippen LogP contribution in [0.1, 0.15) is 56.4 Å². The summed E-state index contributed by atoms with van der Waals surface area (Å²) in [5.74, 6) is -1.33. The van der Waals surface area contributed by atoms with Gasteiger partial charge >= 0.3 is 11.7 Å². The topological polar surface area (TPSA) is 126 Å². The number of nitrogens with zero attached hydrogens (tertiary/aromatic N) is 2. The van der Waals surface area contributed by atoms with Crippen molar-refractivity contribution in [1.29, 1.82) is 0 Å². The van der Waals surface area contributed by atoms with Gasteiger partial charge in [-0.2, -0.15) is 0 Å². The molecule has 0 unspecified atom stereocenters. The second-order valence-corrected chi connectivity index (χ2v) is 9.07. The number of carbonyl (C=O) groups is 4. The van der Waals surface area contributed by atoms with Gasteiger partial charge in [-0.1, -0.05) is 0 Å². The molecule has 0 saturated carbocycles. The number of aryl methyl sites for hydroxylation is 1. The van der Waals surface area contributed by atoms with Gasteiger partial charge in [0.1, 0.15) is 5.58 Å². The van der Waals surface area contributed by atoms with E-state index >= 15 is 0 Å². The molecule has 1 saturated heterocycles. The average Bonchev–Trinajstić information content (AvgIpc) is 3.13. The predicted octanol–water partition coefficient (Wildman–Crippen LogP) is 3.57. The highest BCUT2D eigenvalue weighted by Gasteiger charge is 2.41. The number of amides is 4. The summed E-state index contributed by atoms with van der Waals surface area (Å²) in [4.78, 5) is 65.6. The van der Waals surface area contributed by atoms with Crippen LogP contribution < -0.4 is 10.9 Å². The van der Waals surface area contributed by atoms with Crippen LogP contribution in [0.2, 0.25) is 0 Å². The number of fused-ring (bicyclic) bond motifs is 2. The van der Waals surface area contributed by atoms with Gasteiger partial charge < -0.3 is 19.4 Å². The van der Waals surface area contributed by atoms with Crippen LogP contribution in [0, 0.1) is 6.92 Å². The van der Waals surface area contributed by atoms with Crippen molar-refractivity contribution in [3.05, 3.63) is 75.1 Å². The fraction of sp³-hybridized carbons (Fsp3) is 0.296. The van der Waals surface area contributed by atoms with E-state index in [1.54, 1.807) is 36.9 Å². The molecule has 10 nitrogen and oxygen atoms in total. The number of anilines is 1. The zero-order chi connectivity index (χ0) is 26.3. The first-order valence-corrected chi connectivity index (χ1v) is 12.1. The van der Waals surface area contributed by atoms with E-state index in [0.717, 1.165) is 10.9 Å². The number of rotatable bonds is 4. The molecule has 37 heavy (non-hydrogen) atoms. The smallest absolute Gasteiger partial charge is 0.409 e. The van der Waals surface area contributed by atoms with Crippen molar-refractivity contribution in [3.8, 4) is 0 Å². The fourth-order valence-electron chi connectivity index (χ4n) is 4.86. The van der Waals surface area contributed by atoms with Crippen LogP contribution >= 0.6 is 0 Å². The number of likely N-dealkylation sites (tertiary alicyclic amines) is 1. The molecular formula is C27H25N3O7. The Morgan fingerprint density at radius 2 is 1.73 bits per heavy atom. The normalized spacial score (nSPS) is 15.7.